The van der Waals surface area contributed by atoms with Gasteiger partial charge < -0.3 is 10.6 Å². The molecule has 148 valence electrons. The van der Waals surface area contributed by atoms with Crippen molar-refractivity contribution in [3.63, 3.8) is 0 Å². The minimum absolute atomic E-state index is 0.0533. The minimum Gasteiger partial charge on any atom is -0.369 e. The number of guanidine groups is 1. The molecule has 0 spiro atoms. The predicted octanol–water partition coefficient (Wildman–Crippen LogP) is 2.44. The number of hydrogen-bond acceptors (Lipinski definition) is 6. The van der Waals surface area contributed by atoms with Crippen LogP contribution < -0.4 is 5.73 Å². The van der Waals surface area contributed by atoms with Crippen molar-refractivity contribution in [3.05, 3.63) is 46.4 Å². The number of nitrogens with zero attached hydrogens (tertiary/aromatic N) is 4. The maximum Gasteiger partial charge on any atom is 0.235 e. The van der Waals surface area contributed by atoms with Crippen molar-refractivity contribution in [1.82, 2.24) is 9.80 Å². The first-order valence-corrected chi connectivity index (χ1v) is 10.5. The van der Waals surface area contributed by atoms with Gasteiger partial charge >= 0.3 is 0 Å². The number of fused-ring (bicyclic) bond motifs is 1. The molecule has 0 bridgehead atoms. The van der Waals surface area contributed by atoms with Crippen LogP contribution in [0.2, 0.25) is 0 Å². The Morgan fingerprint density at radius 1 is 1.54 bits per heavy atom. The summed E-state index contributed by atoms with van der Waals surface area (Å²) >= 11 is 1.69. The smallest absolute Gasteiger partial charge is 0.235 e. The topological polar surface area (TPSA) is 85.7 Å². The van der Waals surface area contributed by atoms with Crippen LogP contribution in [0.5, 0.6) is 0 Å². The summed E-state index contributed by atoms with van der Waals surface area (Å²) in [5, 5.41) is 11.4. The second-order valence-electron chi connectivity index (χ2n) is 7.56. The van der Waals surface area contributed by atoms with Crippen LogP contribution in [0.3, 0.4) is 0 Å². The SMILES string of the molecule is CC/C(=C\SCC12CN(C)CC1C(=O)N(C)C(N)=N2)C1=CC(C#N)=CC=CC1. The van der Waals surface area contributed by atoms with Crippen molar-refractivity contribution in [2.45, 2.75) is 25.3 Å². The van der Waals surface area contributed by atoms with E-state index in [-0.39, 0.29) is 11.8 Å². The number of allylic oxidation sites excluding steroid dienone is 7. The molecule has 1 amide bonds. The number of carbonyl (C=O) groups is 1. The summed E-state index contributed by atoms with van der Waals surface area (Å²) in [5.41, 5.74) is 8.61. The molecule has 1 saturated heterocycles. The van der Waals surface area contributed by atoms with E-state index in [1.165, 1.54) is 10.5 Å². The molecule has 2 atom stereocenters. The van der Waals surface area contributed by atoms with Crippen LogP contribution in [-0.2, 0) is 4.79 Å². The third-order valence-corrected chi connectivity index (χ3v) is 6.67. The minimum atomic E-state index is -0.474. The Labute approximate surface area is 171 Å². The van der Waals surface area contributed by atoms with Crippen LogP contribution in [-0.4, -0.2) is 60.1 Å². The number of likely N-dealkylation sites (tertiary alicyclic amines) is 1. The lowest BCUT2D eigenvalue weighted by Crippen LogP contribution is -2.56. The Hall–Kier alpha value is -2.30. The molecule has 0 aromatic carbocycles. The first-order valence-electron chi connectivity index (χ1n) is 9.50. The van der Waals surface area contributed by atoms with Crippen molar-refractivity contribution in [2.24, 2.45) is 16.6 Å². The van der Waals surface area contributed by atoms with Crippen LogP contribution in [0.15, 0.2) is 51.4 Å². The molecular weight excluding hydrogens is 370 g/mol. The molecule has 2 N–H and O–H groups in total. The number of likely N-dealkylation sites (N-methyl/N-ethyl adjacent to an activating group) is 1. The van der Waals surface area contributed by atoms with Crippen molar-refractivity contribution in [1.29, 1.82) is 5.26 Å². The zero-order valence-corrected chi connectivity index (χ0v) is 17.5. The molecule has 28 heavy (non-hydrogen) atoms. The molecular formula is C21H27N5OS. The number of aliphatic imine (C=N–C) groups is 1. The standard InChI is InChI=1S/C21H27N5OS/c1-4-16(17-8-6-5-7-15(9-17)10-22)12-28-14-21-13-25(2)11-18(21)19(27)26(3)20(23)24-21/h5-7,9,12,18H,4,8,11,13-14H2,1-3H3,(H2,23,24)/b16-12+. The van der Waals surface area contributed by atoms with Gasteiger partial charge in [-0.2, -0.15) is 5.26 Å². The molecule has 1 aliphatic carbocycles. The molecule has 3 aliphatic rings. The third kappa shape index (κ3) is 3.94. The van der Waals surface area contributed by atoms with E-state index in [1.807, 2.05) is 25.3 Å². The zero-order valence-electron chi connectivity index (χ0n) is 16.7. The third-order valence-electron chi connectivity index (χ3n) is 5.56. The summed E-state index contributed by atoms with van der Waals surface area (Å²) in [4.78, 5) is 21.1. The molecule has 1 fully saturated rings. The molecule has 0 aromatic rings. The summed E-state index contributed by atoms with van der Waals surface area (Å²) in [6.07, 6.45) is 9.51. The number of thioether (sulfide) groups is 1. The van der Waals surface area contributed by atoms with E-state index in [4.69, 9.17) is 10.7 Å². The van der Waals surface area contributed by atoms with Crippen LogP contribution in [0.1, 0.15) is 19.8 Å². The molecule has 2 unspecified atom stereocenters. The van der Waals surface area contributed by atoms with E-state index in [0.717, 1.165) is 25.0 Å². The maximum atomic E-state index is 12.7. The predicted molar refractivity (Wildman–Crippen MR) is 114 cm³/mol. The van der Waals surface area contributed by atoms with Crippen molar-refractivity contribution >= 4 is 23.6 Å². The fourth-order valence-electron chi connectivity index (χ4n) is 4.00. The van der Waals surface area contributed by atoms with Gasteiger partial charge in [0, 0.05) is 25.9 Å². The zero-order chi connectivity index (χ0) is 20.3. The maximum absolute atomic E-state index is 12.7. The molecule has 2 heterocycles. The van der Waals surface area contributed by atoms with E-state index in [9.17, 15) is 10.1 Å². The number of nitrogens with two attached hydrogens (primary N) is 1. The molecule has 0 aromatic heterocycles. The second-order valence-corrected chi connectivity index (χ2v) is 8.42. The van der Waals surface area contributed by atoms with E-state index >= 15 is 0 Å². The van der Waals surface area contributed by atoms with Crippen LogP contribution in [0, 0.1) is 17.2 Å². The summed E-state index contributed by atoms with van der Waals surface area (Å²) < 4.78 is 0. The Kier molecular flexibility index (Phi) is 6.11. The van der Waals surface area contributed by atoms with Crippen molar-refractivity contribution in [2.75, 3.05) is 32.9 Å². The quantitative estimate of drug-likeness (QED) is 0.770. The average Bonchev–Trinajstić information content (AvgIpc) is 2.85. The normalized spacial score (nSPS) is 28.3. The summed E-state index contributed by atoms with van der Waals surface area (Å²) in [6.45, 7) is 3.56. The number of carbonyl (C=O) groups excluding carboxylic acids is 1. The Morgan fingerprint density at radius 2 is 2.32 bits per heavy atom. The van der Waals surface area contributed by atoms with Crippen molar-refractivity contribution in [3.8, 4) is 6.07 Å². The lowest BCUT2D eigenvalue weighted by Gasteiger charge is -2.37. The fourth-order valence-corrected chi connectivity index (χ4v) is 5.25. The van der Waals surface area contributed by atoms with Gasteiger partial charge in [0.25, 0.3) is 0 Å². The van der Waals surface area contributed by atoms with Gasteiger partial charge in [-0.1, -0.05) is 19.1 Å². The highest BCUT2D eigenvalue weighted by molar-refractivity contribution is 8.02. The first kappa shape index (κ1) is 20.4. The second kappa shape index (κ2) is 8.38. The Bertz CT molecular complexity index is 847. The van der Waals surface area contributed by atoms with Gasteiger partial charge in [0.2, 0.25) is 5.91 Å². The summed E-state index contributed by atoms with van der Waals surface area (Å²) in [5.74, 6) is 0.902. The van der Waals surface area contributed by atoms with Crippen molar-refractivity contribution < 1.29 is 4.79 Å². The van der Waals surface area contributed by atoms with Gasteiger partial charge in [-0.3, -0.25) is 9.69 Å². The van der Waals surface area contributed by atoms with Gasteiger partial charge in [-0.15, -0.1) is 11.8 Å². The van der Waals surface area contributed by atoms with E-state index in [2.05, 4.69) is 29.4 Å². The summed E-state index contributed by atoms with van der Waals surface area (Å²) in [6, 6.07) is 2.23. The highest BCUT2D eigenvalue weighted by atomic mass is 32.2. The van der Waals surface area contributed by atoms with Crippen LogP contribution in [0.4, 0.5) is 0 Å². The number of rotatable bonds is 5. The highest BCUT2D eigenvalue weighted by Gasteiger charge is 2.53. The number of amides is 1. The number of nitriles is 1. The number of hydrogen-bond donors (Lipinski definition) is 1. The van der Waals surface area contributed by atoms with E-state index < -0.39 is 5.54 Å². The van der Waals surface area contributed by atoms with Gasteiger partial charge in [0.15, 0.2) is 5.96 Å². The largest absolute Gasteiger partial charge is 0.369 e. The van der Waals surface area contributed by atoms with Crippen LogP contribution >= 0.6 is 11.8 Å². The summed E-state index contributed by atoms with van der Waals surface area (Å²) in [7, 11) is 3.72. The average molecular weight is 398 g/mol. The van der Waals surface area contributed by atoms with E-state index in [1.54, 1.807) is 18.8 Å². The lowest BCUT2D eigenvalue weighted by atomic mass is 9.87. The molecule has 7 heteroatoms. The van der Waals surface area contributed by atoms with E-state index in [0.29, 0.717) is 23.8 Å². The van der Waals surface area contributed by atoms with Gasteiger partial charge in [0.05, 0.1) is 23.1 Å². The first-order chi connectivity index (χ1) is 13.4. The molecule has 0 radical (unpaired) electrons. The Balaban J connectivity index is 1.81. The molecule has 0 saturated carbocycles. The fraction of sp³-hybridized carbons (Fsp3) is 0.476. The van der Waals surface area contributed by atoms with Gasteiger partial charge in [-0.25, -0.2) is 4.99 Å². The molecule has 3 rings (SSSR count). The molecule has 2 aliphatic heterocycles. The Morgan fingerprint density at radius 3 is 3.04 bits per heavy atom. The lowest BCUT2D eigenvalue weighted by molar-refractivity contribution is -0.132. The van der Waals surface area contributed by atoms with Gasteiger partial charge in [-0.05, 0) is 48.6 Å². The highest BCUT2D eigenvalue weighted by Crippen LogP contribution is 2.38. The monoisotopic (exact) mass is 397 g/mol. The molecule has 6 nitrogen and oxygen atoms in total. The van der Waals surface area contributed by atoms with Crippen LogP contribution in [0.25, 0.3) is 0 Å². The van der Waals surface area contributed by atoms with Gasteiger partial charge in [0.1, 0.15) is 0 Å².